The zero-order valence-electron chi connectivity index (χ0n) is 25.3. The first kappa shape index (κ1) is 41.8. The van der Waals surface area contributed by atoms with Crippen molar-refractivity contribution in [2.75, 3.05) is 34.3 Å². The topological polar surface area (TPSA) is 9.72 Å². The van der Waals surface area contributed by atoms with Gasteiger partial charge in [-0.05, 0) is 55.7 Å². The molecule has 0 heterocycles. The van der Waals surface area contributed by atoms with Crippen LogP contribution in [0.4, 0.5) is 17.1 Å². The molecule has 2 radical (unpaired) electrons. The number of thiocarbonyl (C=S) groups is 3. The molecule has 0 atom stereocenters. The predicted octanol–water partition coefficient (Wildman–Crippen LogP) is 8.99. The smallest absolute Gasteiger partial charge is 0.411 e. The Morgan fingerprint density at radius 2 is 0.674 bits per heavy atom. The molecule has 0 N–H and O–H groups in total. The van der Waals surface area contributed by atoms with Crippen LogP contribution < -0.4 is 14.7 Å². The zero-order chi connectivity index (χ0) is 31.2. The molecule has 0 bridgehead atoms. The molecule has 0 amide bonds. The number of anilines is 3. The van der Waals surface area contributed by atoms with E-state index in [4.69, 9.17) is 74.5 Å². The van der Waals surface area contributed by atoms with Crippen molar-refractivity contribution in [3.05, 3.63) is 91.0 Å². The predicted molar refractivity (Wildman–Crippen MR) is 212 cm³/mol. The second-order valence-corrected chi connectivity index (χ2v) is 12.4. The SMILES string of the molecule is CCCCN(C(=S)[S-])c1ccccc1.CCCCN(C(=S)[S-])c1ccccc1.CCCCN(C(=S)[S-])c1ccccc1.[Sb+3]. The first-order chi connectivity index (χ1) is 20.3. The third-order valence-corrected chi connectivity index (χ3v) is 7.39. The molecule has 3 aromatic rings. The van der Waals surface area contributed by atoms with E-state index in [0.717, 1.165) is 75.2 Å². The van der Waals surface area contributed by atoms with E-state index in [1.807, 2.05) is 106 Å². The van der Waals surface area contributed by atoms with Gasteiger partial charge in [0.15, 0.2) is 0 Å². The minimum Gasteiger partial charge on any atom is -0.411 e. The van der Waals surface area contributed by atoms with Gasteiger partial charge in [-0.15, -0.1) is 0 Å². The summed E-state index contributed by atoms with van der Waals surface area (Å²) in [5, 5.41) is 0. The van der Waals surface area contributed by atoms with E-state index in [9.17, 15) is 0 Å². The van der Waals surface area contributed by atoms with E-state index in [1.165, 1.54) is 0 Å². The molecule has 3 aromatic carbocycles. The van der Waals surface area contributed by atoms with Crippen LogP contribution in [0.15, 0.2) is 91.0 Å². The normalized spacial score (nSPS) is 9.56. The third-order valence-electron chi connectivity index (χ3n) is 6.07. The van der Waals surface area contributed by atoms with Crippen molar-refractivity contribution in [2.45, 2.75) is 59.3 Å². The summed E-state index contributed by atoms with van der Waals surface area (Å²) < 4.78 is 1.60. The second-order valence-electron chi connectivity index (χ2n) is 9.32. The number of unbranched alkanes of at least 4 members (excludes halogenated alkanes) is 3. The molecule has 0 aliphatic carbocycles. The molecule has 0 unspecified atom stereocenters. The van der Waals surface area contributed by atoms with Crippen LogP contribution >= 0.6 is 36.7 Å². The Balaban J connectivity index is 0.000000608. The number of nitrogens with zero attached hydrogens (tertiary/aromatic N) is 3. The summed E-state index contributed by atoms with van der Waals surface area (Å²) in [6.07, 6.45) is 6.81. The van der Waals surface area contributed by atoms with Crippen molar-refractivity contribution in [2.24, 2.45) is 0 Å². The van der Waals surface area contributed by atoms with Gasteiger partial charge in [0.2, 0.25) is 0 Å². The fraction of sp³-hybridized carbons (Fsp3) is 0.364. The van der Waals surface area contributed by atoms with Crippen LogP contribution in [0.1, 0.15) is 59.3 Å². The summed E-state index contributed by atoms with van der Waals surface area (Å²) >= 11 is 30.3. The van der Waals surface area contributed by atoms with Gasteiger partial charge in [-0.2, -0.15) is 0 Å². The summed E-state index contributed by atoms with van der Waals surface area (Å²) in [4.78, 5) is 6.02. The van der Waals surface area contributed by atoms with Crippen LogP contribution in [0.2, 0.25) is 0 Å². The summed E-state index contributed by atoms with van der Waals surface area (Å²) in [6, 6.07) is 30.2. The maximum Gasteiger partial charge on any atom is 3.00 e. The zero-order valence-corrected chi connectivity index (χ0v) is 32.7. The summed E-state index contributed by atoms with van der Waals surface area (Å²) in [5.74, 6) is 0. The van der Waals surface area contributed by atoms with Crippen LogP contribution in [0, 0.1) is 0 Å². The van der Waals surface area contributed by atoms with Gasteiger partial charge in [0.25, 0.3) is 0 Å². The minimum atomic E-state index is 0. The standard InChI is InChI=1S/3C11H15NS2.Sb/c3*1-2-3-9-12(11(13)14)10-7-5-4-6-8-10;/h3*4-8H,2-3,9H2,1H3,(H,13,14);/q;;;+3/p-3. The van der Waals surface area contributed by atoms with Gasteiger partial charge in [-0.1, -0.05) is 108 Å². The summed E-state index contributed by atoms with van der Waals surface area (Å²) in [7, 11) is 0. The Morgan fingerprint density at radius 3 is 0.837 bits per heavy atom. The Kier molecular flexibility index (Phi) is 25.3. The van der Waals surface area contributed by atoms with E-state index in [-0.39, 0.29) is 24.4 Å². The van der Waals surface area contributed by atoms with E-state index < -0.39 is 0 Å². The maximum atomic E-state index is 5.05. The van der Waals surface area contributed by atoms with Gasteiger partial charge >= 0.3 is 24.4 Å². The summed E-state index contributed by atoms with van der Waals surface area (Å²) in [5.41, 5.74) is 3.29. The Morgan fingerprint density at radius 1 is 0.465 bits per heavy atom. The Hall–Kier alpha value is -1.19. The van der Waals surface area contributed by atoms with Crippen molar-refractivity contribution in [3.63, 3.8) is 0 Å². The fourth-order valence-corrected chi connectivity index (χ4v) is 4.93. The first-order valence-corrected chi connectivity index (χ1v) is 16.8. The van der Waals surface area contributed by atoms with E-state index in [1.54, 1.807) is 0 Å². The molecular weight excluding hydrogens is 753 g/mol. The van der Waals surface area contributed by atoms with Crippen LogP contribution in [-0.4, -0.2) is 57.0 Å². The summed E-state index contributed by atoms with van der Waals surface area (Å²) in [6.45, 7) is 9.25. The molecule has 3 rings (SSSR count). The van der Waals surface area contributed by atoms with Crippen LogP contribution in [-0.2, 0) is 37.9 Å². The largest absolute Gasteiger partial charge is 3.00 e. The van der Waals surface area contributed by atoms with Crippen molar-refractivity contribution >= 4 is 129 Å². The molecular formula is C33H42N3S6Sb. The van der Waals surface area contributed by atoms with Gasteiger partial charge in [0, 0.05) is 36.7 Å². The Bertz CT molecular complexity index is 1010. The Labute approximate surface area is 310 Å². The molecule has 10 heteroatoms. The quantitative estimate of drug-likeness (QED) is 0.100. The number of para-hydroxylation sites is 3. The van der Waals surface area contributed by atoms with Crippen molar-refractivity contribution in [3.8, 4) is 0 Å². The van der Waals surface area contributed by atoms with Gasteiger partial charge in [-0.3, -0.25) is 0 Å². The maximum absolute atomic E-state index is 5.05. The van der Waals surface area contributed by atoms with Crippen molar-refractivity contribution in [1.29, 1.82) is 0 Å². The monoisotopic (exact) mass is 793 g/mol. The van der Waals surface area contributed by atoms with Crippen LogP contribution in [0.3, 0.4) is 0 Å². The molecule has 0 aliphatic heterocycles. The van der Waals surface area contributed by atoms with Crippen molar-refractivity contribution < 1.29 is 0 Å². The molecule has 0 spiro atoms. The van der Waals surface area contributed by atoms with Gasteiger partial charge < -0.3 is 89.2 Å². The van der Waals surface area contributed by atoms with Crippen LogP contribution in [0.5, 0.6) is 0 Å². The van der Waals surface area contributed by atoms with Crippen molar-refractivity contribution in [1.82, 2.24) is 0 Å². The molecule has 0 saturated heterocycles. The van der Waals surface area contributed by atoms with Gasteiger partial charge in [0.1, 0.15) is 0 Å². The molecule has 0 aromatic heterocycles. The molecule has 0 saturated carbocycles. The molecule has 230 valence electrons. The molecule has 0 aliphatic rings. The number of hydrogen-bond acceptors (Lipinski definition) is 6. The average Bonchev–Trinajstić information content (AvgIpc) is 3.00. The molecule has 0 fully saturated rings. The first-order valence-electron chi connectivity index (χ1n) is 14.4. The number of hydrogen-bond donors (Lipinski definition) is 0. The molecule has 3 nitrogen and oxygen atoms in total. The van der Waals surface area contributed by atoms with Gasteiger partial charge in [-0.25, -0.2) is 0 Å². The van der Waals surface area contributed by atoms with E-state index >= 15 is 0 Å². The van der Waals surface area contributed by atoms with E-state index in [2.05, 4.69) is 20.8 Å². The third kappa shape index (κ3) is 17.8. The number of rotatable bonds is 12. The number of benzene rings is 3. The second kappa shape index (κ2) is 26.1. The van der Waals surface area contributed by atoms with Gasteiger partial charge in [0.05, 0.1) is 0 Å². The fourth-order valence-electron chi connectivity index (χ4n) is 3.75. The average molecular weight is 795 g/mol. The van der Waals surface area contributed by atoms with Crippen LogP contribution in [0.25, 0.3) is 0 Å². The molecule has 43 heavy (non-hydrogen) atoms. The van der Waals surface area contributed by atoms with E-state index in [0.29, 0.717) is 13.0 Å². The minimum absolute atomic E-state index is 0.